The Morgan fingerprint density at radius 2 is 2.00 bits per heavy atom. The molecule has 0 N–H and O–H groups in total. The Hall–Kier alpha value is -1.40. The fourth-order valence-electron chi connectivity index (χ4n) is 1.88. The molecule has 0 saturated carbocycles. The van der Waals surface area contributed by atoms with Gasteiger partial charge in [0, 0.05) is 21.9 Å². The van der Waals surface area contributed by atoms with E-state index >= 15 is 0 Å². The second-order valence-corrected chi connectivity index (χ2v) is 6.40. The molecule has 6 heteroatoms. The SMILES string of the molecule is CCN(Cc1cccs1)C(=O)c1ccc(SC(F)F)cc1. The van der Waals surface area contributed by atoms with Gasteiger partial charge in [-0.2, -0.15) is 8.78 Å². The van der Waals surface area contributed by atoms with E-state index < -0.39 is 5.76 Å². The number of benzene rings is 1. The molecule has 0 unspecified atom stereocenters. The third kappa shape index (κ3) is 4.54. The first-order chi connectivity index (χ1) is 10.1. The lowest BCUT2D eigenvalue weighted by molar-refractivity contribution is 0.0754. The van der Waals surface area contributed by atoms with Crippen molar-refractivity contribution in [3.05, 3.63) is 52.2 Å². The predicted octanol–water partition coefficient (Wildman–Crippen LogP) is 4.73. The van der Waals surface area contributed by atoms with Crippen molar-refractivity contribution in [3.63, 3.8) is 0 Å². The predicted molar refractivity (Wildman–Crippen MR) is 83.0 cm³/mol. The van der Waals surface area contributed by atoms with Gasteiger partial charge >= 0.3 is 0 Å². The van der Waals surface area contributed by atoms with Gasteiger partial charge in [-0.15, -0.1) is 11.3 Å². The van der Waals surface area contributed by atoms with E-state index in [2.05, 4.69) is 0 Å². The second-order valence-electron chi connectivity index (χ2n) is 4.30. The van der Waals surface area contributed by atoms with Crippen molar-refractivity contribution in [2.45, 2.75) is 24.1 Å². The standard InChI is InChI=1S/C15H15F2NOS2/c1-2-18(10-13-4-3-9-20-13)14(19)11-5-7-12(8-6-11)21-15(16)17/h3-9,15H,2,10H2,1H3. The van der Waals surface area contributed by atoms with E-state index in [1.54, 1.807) is 40.5 Å². The summed E-state index contributed by atoms with van der Waals surface area (Å²) in [6.45, 7) is 3.09. The quantitative estimate of drug-likeness (QED) is 0.715. The van der Waals surface area contributed by atoms with Crippen molar-refractivity contribution in [3.8, 4) is 0 Å². The normalized spacial score (nSPS) is 10.9. The zero-order valence-corrected chi connectivity index (χ0v) is 13.1. The number of hydrogen-bond donors (Lipinski definition) is 0. The van der Waals surface area contributed by atoms with Crippen LogP contribution in [0.3, 0.4) is 0 Å². The van der Waals surface area contributed by atoms with Gasteiger partial charge in [-0.25, -0.2) is 0 Å². The number of carbonyl (C=O) groups excluding carboxylic acids is 1. The van der Waals surface area contributed by atoms with Gasteiger partial charge in [0.05, 0.1) is 6.54 Å². The lowest BCUT2D eigenvalue weighted by Gasteiger charge is -2.20. The first-order valence-corrected chi connectivity index (χ1v) is 8.22. The maximum atomic E-state index is 12.4. The van der Waals surface area contributed by atoms with Crippen molar-refractivity contribution >= 4 is 29.0 Å². The molecule has 1 amide bonds. The third-order valence-corrected chi connectivity index (χ3v) is 4.51. The van der Waals surface area contributed by atoms with E-state index in [9.17, 15) is 13.6 Å². The molecule has 0 aliphatic heterocycles. The van der Waals surface area contributed by atoms with Crippen molar-refractivity contribution < 1.29 is 13.6 Å². The molecule has 0 aliphatic carbocycles. The highest BCUT2D eigenvalue weighted by Crippen LogP contribution is 2.25. The maximum Gasteiger partial charge on any atom is 0.288 e. The molecule has 0 saturated heterocycles. The summed E-state index contributed by atoms with van der Waals surface area (Å²) in [6.07, 6.45) is 0. The van der Waals surface area contributed by atoms with E-state index in [4.69, 9.17) is 0 Å². The molecule has 0 bridgehead atoms. The van der Waals surface area contributed by atoms with Crippen LogP contribution >= 0.6 is 23.1 Å². The minimum atomic E-state index is -2.45. The van der Waals surface area contributed by atoms with Crippen molar-refractivity contribution in [1.29, 1.82) is 0 Å². The fourth-order valence-corrected chi connectivity index (χ4v) is 3.10. The average molecular weight is 327 g/mol. The van der Waals surface area contributed by atoms with E-state index in [1.165, 1.54) is 0 Å². The number of thiophene rings is 1. The van der Waals surface area contributed by atoms with Crippen LogP contribution < -0.4 is 0 Å². The van der Waals surface area contributed by atoms with Crippen LogP contribution in [0.4, 0.5) is 8.78 Å². The summed E-state index contributed by atoms with van der Waals surface area (Å²) in [6, 6.07) is 10.3. The molecule has 1 aromatic heterocycles. The van der Waals surface area contributed by atoms with Gasteiger partial charge in [0.1, 0.15) is 0 Å². The Labute approximate surface area is 130 Å². The molecular weight excluding hydrogens is 312 g/mol. The fraction of sp³-hybridized carbons (Fsp3) is 0.267. The summed E-state index contributed by atoms with van der Waals surface area (Å²) in [5.41, 5.74) is 0.520. The summed E-state index contributed by atoms with van der Waals surface area (Å²) in [5.74, 6) is -2.53. The van der Waals surface area contributed by atoms with Gasteiger partial charge in [0.15, 0.2) is 0 Å². The lowest BCUT2D eigenvalue weighted by Crippen LogP contribution is -2.29. The van der Waals surface area contributed by atoms with E-state index in [0.29, 0.717) is 35.3 Å². The molecule has 112 valence electrons. The molecule has 2 rings (SSSR count). The topological polar surface area (TPSA) is 20.3 Å². The molecule has 0 spiro atoms. The molecular formula is C15H15F2NOS2. The van der Waals surface area contributed by atoms with Gasteiger partial charge < -0.3 is 4.90 Å². The number of thioether (sulfide) groups is 1. The van der Waals surface area contributed by atoms with Gasteiger partial charge in [-0.05, 0) is 42.6 Å². The van der Waals surface area contributed by atoms with Crippen LogP contribution in [0.1, 0.15) is 22.2 Å². The molecule has 21 heavy (non-hydrogen) atoms. The van der Waals surface area contributed by atoms with Crippen LogP contribution in [0.25, 0.3) is 0 Å². The highest BCUT2D eigenvalue weighted by atomic mass is 32.2. The van der Waals surface area contributed by atoms with Crippen molar-refractivity contribution in [2.75, 3.05) is 6.54 Å². The summed E-state index contributed by atoms with van der Waals surface area (Å²) in [5, 5.41) is 1.98. The first-order valence-electron chi connectivity index (χ1n) is 6.46. The van der Waals surface area contributed by atoms with E-state index in [1.807, 2.05) is 24.4 Å². The molecule has 1 heterocycles. The lowest BCUT2D eigenvalue weighted by atomic mass is 10.2. The van der Waals surface area contributed by atoms with Gasteiger partial charge in [-0.1, -0.05) is 17.8 Å². The molecule has 0 atom stereocenters. The first kappa shape index (κ1) is 16.0. The minimum Gasteiger partial charge on any atom is -0.334 e. The van der Waals surface area contributed by atoms with Crippen molar-refractivity contribution in [1.82, 2.24) is 4.90 Å². The molecule has 0 fully saturated rings. The molecule has 2 nitrogen and oxygen atoms in total. The third-order valence-electron chi connectivity index (χ3n) is 2.92. The van der Waals surface area contributed by atoms with Gasteiger partial charge in [-0.3, -0.25) is 4.79 Å². The van der Waals surface area contributed by atoms with Crippen molar-refractivity contribution in [2.24, 2.45) is 0 Å². The smallest absolute Gasteiger partial charge is 0.288 e. The van der Waals surface area contributed by atoms with Gasteiger partial charge in [0.2, 0.25) is 0 Å². The van der Waals surface area contributed by atoms with Crippen LogP contribution in [0.2, 0.25) is 0 Å². The van der Waals surface area contributed by atoms with Crippen LogP contribution in [0.15, 0.2) is 46.7 Å². The van der Waals surface area contributed by atoms with Crippen LogP contribution in [-0.4, -0.2) is 23.1 Å². The highest BCUT2D eigenvalue weighted by Gasteiger charge is 2.15. The van der Waals surface area contributed by atoms with Crippen LogP contribution in [0.5, 0.6) is 0 Å². The van der Waals surface area contributed by atoms with E-state index in [0.717, 1.165) is 4.88 Å². The number of carbonyl (C=O) groups is 1. The van der Waals surface area contributed by atoms with E-state index in [-0.39, 0.29) is 5.91 Å². The summed E-state index contributed by atoms with van der Waals surface area (Å²) < 4.78 is 24.5. The molecule has 0 radical (unpaired) electrons. The maximum absolute atomic E-state index is 12.4. The Morgan fingerprint density at radius 1 is 1.29 bits per heavy atom. The average Bonchev–Trinajstić information content (AvgIpc) is 2.97. The number of rotatable bonds is 6. The Balaban J connectivity index is 2.06. The summed E-state index contributed by atoms with van der Waals surface area (Å²) >= 11 is 2.09. The number of halogens is 2. The number of nitrogens with zero attached hydrogens (tertiary/aromatic N) is 1. The summed E-state index contributed by atoms with van der Waals surface area (Å²) in [7, 11) is 0. The molecule has 0 aliphatic rings. The Morgan fingerprint density at radius 3 is 2.52 bits per heavy atom. The highest BCUT2D eigenvalue weighted by molar-refractivity contribution is 7.99. The Kier molecular flexibility index (Phi) is 5.76. The Bertz CT molecular complexity index is 570. The van der Waals surface area contributed by atoms with Gasteiger partial charge in [0.25, 0.3) is 11.7 Å². The molecule has 2 aromatic rings. The zero-order chi connectivity index (χ0) is 15.2. The summed E-state index contributed by atoms with van der Waals surface area (Å²) in [4.78, 5) is 15.7. The van der Waals surface area contributed by atoms with Crippen LogP contribution in [0, 0.1) is 0 Å². The number of hydrogen-bond acceptors (Lipinski definition) is 3. The second kappa shape index (κ2) is 7.56. The minimum absolute atomic E-state index is 0.0838. The number of alkyl halides is 2. The zero-order valence-electron chi connectivity index (χ0n) is 11.5. The largest absolute Gasteiger partial charge is 0.334 e. The number of amides is 1. The van der Waals surface area contributed by atoms with Crippen LogP contribution in [-0.2, 0) is 6.54 Å². The monoisotopic (exact) mass is 327 g/mol. The molecule has 1 aromatic carbocycles.